The molecule has 372 valence electrons. The third-order valence-electron chi connectivity index (χ3n) is 11.2. The van der Waals surface area contributed by atoms with Crippen LogP contribution in [-0.4, -0.2) is 259 Å². The average Bonchev–Trinajstić information content (AvgIpc) is 3.22. The van der Waals surface area contributed by atoms with Crippen LogP contribution >= 0.6 is 0 Å². The summed E-state index contributed by atoms with van der Waals surface area (Å²) in [6, 6.07) is -3.35. The molecule has 0 aromatic heterocycles. The fraction of sp³-hybridized carbons (Fsp3) is 0.941. The van der Waals surface area contributed by atoms with Crippen LogP contribution in [-0.2, 0) is 66.8 Å². The van der Waals surface area contributed by atoms with E-state index in [-0.39, 0.29) is 0 Å². The van der Waals surface area contributed by atoms with Gasteiger partial charge in [0.2, 0.25) is 11.8 Å². The van der Waals surface area contributed by atoms with E-state index in [2.05, 4.69) is 14.8 Å². The molecule has 0 saturated carbocycles. The minimum atomic E-state index is -5.18. The Hall–Kier alpha value is -2.03. The summed E-state index contributed by atoms with van der Waals surface area (Å²) in [5, 5.41) is 133. The van der Waals surface area contributed by atoms with Gasteiger partial charge in [-0.3, -0.25) is 14.1 Å². The van der Waals surface area contributed by atoms with E-state index in [1.165, 1.54) is 13.8 Å². The molecule has 15 N–H and O–H groups in total. The van der Waals surface area contributed by atoms with Crippen molar-refractivity contribution in [3.8, 4) is 0 Å². The first-order valence-electron chi connectivity index (χ1n) is 20.0. The lowest BCUT2D eigenvalue weighted by atomic mass is 9.94. The van der Waals surface area contributed by atoms with E-state index < -0.39 is 195 Å². The number of aliphatic hydroxyl groups is 12. The van der Waals surface area contributed by atoms with Crippen LogP contribution in [0, 0.1) is 0 Å². The van der Waals surface area contributed by atoms with Gasteiger partial charge in [-0.2, -0.15) is 8.42 Å². The maximum absolute atomic E-state index is 12.5. The Morgan fingerprint density at radius 2 is 0.969 bits per heavy atom. The second-order valence-electron chi connectivity index (χ2n) is 16.0. The molecule has 0 spiro atoms. The van der Waals surface area contributed by atoms with Crippen LogP contribution in [0.3, 0.4) is 0 Å². The van der Waals surface area contributed by atoms with E-state index in [1.807, 2.05) is 0 Å². The molecule has 29 nitrogen and oxygen atoms in total. The zero-order valence-electron chi connectivity index (χ0n) is 34.5. The van der Waals surface area contributed by atoms with Gasteiger partial charge in [0.1, 0.15) is 110 Å². The van der Waals surface area contributed by atoms with Gasteiger partial charge in [-0.05, 0) is 13.8 Å². The molecule has 64 heavy (non-hydrogen) atoms. The largest absolute Gasteiger partial charge is 0.397 e. The maximum atomic E-state index is 12.5. The Labute approximate surface area is 364 Å². The lowest BCUT2D eigenvalue weighted by Crippen LogP contribution is -2.69. The molecule has 1 unspecified atom stereocenters. The van der Waals surface area contributed by atoms with Crippen molar-refractivity contribution in [2.45, 2.75) is 181 Å². The van der Waals surface area contributed by atoms with Crippen molar-refractivity contribution >= 4 is 22.2 Å². The number of hydrogen-bond donors (Lipinski definition) is 15. The van der Waals surface area contributed by atoms with Crippen molar-refractivity contribution in [2.24, 2.45) is 0 Å². The summed E-state index contributed by atoms with van der Waals surface area (Å²) in [5.41, 5.74) is 0. The van der Waals surface area contributed by atoms with E-state index in [0.29, 0.717) is 0 Å². The van der Waals surface area contributed by atoms with Crippen molar-refractivity contribution in [2.75, 3.05) is 19.8 Å². The van der Waals surface area contributed by atoms with E-state index in [4.69, 9.17) is 42.6 Å². The highest BCUT2D eigenvalue weighted by Gasteiger charge is 2.56. The zero-order valence-corrected chi connectivity index (χ0v) is 35.3. The van der Waals surface area contributed by atoms with Gasteiger partial charge in [0.25, 0.3) is 0 Å². The Balaban J connectivity index is 1.43. The monoisotopic (exact) mass is 958 g/mol. The summed E-state index contributed by atoms with van der Waals surface area (Å²) in [4.78, 5) is 24.8. The summed E-state index contributed by atoms with van der Waals surface area (Å²) in [7, 11) is -5.18. The highest BCUT2D eigenvalue weighted by Crippen LogP contribution is 2.35. The highest BCUT2D eigenvalue weighted by molar-refractivity contribution is 7.80. The molecular formula is C34H58N2O27S. The zero-order chi connectivity index (χ0) is 47.7. The summed E-state index contributed by atoms with van der Waals surface area (Å²) < 4.78 is 88.0. The van der Waals surface area contributed by atoms with Gasteiger partial charge in [0, 0.05) is 13.8 Å². The van der Waals surface area contributed by atoms with Gasteiger partial charge in [-0.15, -0.1) is 0 Å². The van der Waals surface area contributed by atoms with Gasteiger partial charge in [0.15, 0.2) is 31.5 Å². The predicted octanol–water partition coefficient (Wildman–Crippen LogP) is -9.75. The molecule has 5 aliphatic rings. The minimum absolute atomic E-state index is 0.801. The number of rotatable bonds is 15. The fourth-order valence-electron chi connectivity index (χ4n) is 7.74. The standard InChI is InChI=1S/C34H58N2O27S/c1-8-17(40)22(45)25(48)32(56-8)61-28-16(36-11(4)39)31(60-14(21(28)44)7-55-64(51,52)53)54-6-13-20(43)27(15(30(50)58-13)35-10(3)38)62-34-29(24(47)19(42)12(5-37)59-34)63-33-26(49)23(46)18(41)9(2)57-33/h8-9,12-34,37,40-50H,5-7H2,1-4H3,(H,35,38)(H,36,39)(H,51,52,53)/t8-,9-,12+,13+,14+,15+,16+,17+,18+,19-,20-,21+,22+,23+,24-,25-,26-,27+,28+,29+,30?,31+,32-,33-,34-/m0/s1. The topological polar surface area (TPSA) is 448 Å². The number of carbonyl (C=O) groups excluding carboxylic acids is 2. The summed E-state index contributed by atoms with van der Waals surface area (Å²) in [6.07, 6.45) is -41.4. The number of amides is 2. The number of carbonyl (C=O) groups is 2. The lowest BCUT2D eigenvalue weighted by molar-refractivity contribution is -0.381. The third-order valence-corrected chi connectivity index (χ3v) is 11.7. The van der Waals surface area contributed by atoms with Crippen molar-refractivity contribution in [3.05, 3.63) is 0 Å². The van der Waals surface area contributed by atoms with Gasteiger partial charge in [0.05, 0.1) is 32.0 Å². The van der Waals surface area contributed by atoms with Crippen LogP contribution in [0.2, 0.25) is 0 Å². The van der Waals surface area contributed by atoms with Crippen molar-refractivity contribution < 1.29 is 131 Å². The van der Waals surface area contributed by atoms with Crippen molar-refractivity contribution in [3.63, 3.8) is 0 Å². The van der Waals surface area contributed by atoms with Gasteiger partial charge in [-0.1, -0.05) is 0 Å². The van der Waals surface area contributed by atoms with E-state index >= 15 is 0 Å². The minimum Gasteiger partial charge on any atom is -0.394 e. The molecule has 25 atom stereocenters. The Morgan fingerprint density at radius 1 is 0.516 bits per heavy atom. The Bertz CT molecular complexity index is 1650. The van der Waals surface area contributed by atoms with Crippen LogP contribution in [0.15, 0.2) is 0 Å². The van der Waals surface area contributed by atoms with Crippen LogP contribution in [0.5, 0.6) is 0 Å². The number of nitrogens with one attached hydrogen (secondary N) is 2. The molecule has 0 aromatic carbocycles. The molecule has 5 aliphatic heterocycles. The van der Waals surface area contributed by atoms with Crippen LogP contribution < -0.4 is 10.6 Å². The lowest BCUT2D eigenvalue weighted by Gasteiger charge is -2.49. The van der Waals surface area contributed by atoms with Crippen LogP contribution in [0.1, 0.15) is 27.7 Å². The molecule has 5 fully saturated rings. The molecule has 0 bridgehead atoms. The molecule has 0 aromatic rings. The second kappa shape index (κ2) is 21.9. The first-order chi connectivity index (χ1) is 29.8. The Morgan fingerprint density at radius 3 is 1.47 bits per heavy atom. The van der Waals surface area contributed by atoms with Crippen LogP contribution in [0.4, 0.5) is 0 Å². The molecule has 5 rings (SSSR count). The van der Waals surface area contributed by atoms with E-state index in [0.717, 1.165) is 13.8 Å². The summed E-state index contributed by atoms with van der Waals surface area (Å²) >= 11 is 0. The molecule has 5 saturated heterocycles. The molecule has 0 radical (unpaired) electrons. The van der Waals surface area contributed by atoms with Crippen molar-refractivity contribution in [1.82, 2.24) is 10.6 Å². The first kappa shape index (κ1) is 52.9. The fourth-order valence-corrected chi connectivity index (χ4v) is 8.04. The smallest absolute Gasteiger partial charge is 0.394 e. The van der Waals surface area contributed by atoms with Crippen molar-refractivity contribution in [1.29, 1.82) is 0 Å². The summed E-state index contributed by atoms with van der Waals surface area (Å²) in [6.45, 7) is 1.72. The molecule has 30 heteroatoms. The SMILES string of the molecule is CC(=O)N[C@H]1[C@H](OC[C@H]2OC(O)[C@H](NC(C)=O)[C@@H](O[C@@H]3O[C@H](CO)[C@H](O)[C@H](O)[C@H]3O[C@@H]3O[C@@H](C)[C@@H](O)[C@@H](O)[C@@H]3O)[C@H]2O)O[C@H](COS(=O)(=O)O)[C@@H](O)[C@@H]1O[C@@H]1O[C@@H](C)[C@@H](O)[C@@H](O)[C@@H]1O. The molecule has 2 amide bonds. The Kier molecular flexibility index (Phi) is 18.1. The predicted molar refractivity (Wildman–Crippen MR) is 197 cm³/mol. The first-order valence-corrected chi connectivity index (χ1v) is 21.3. The van der Waals surface area contributed by atoms with Gasteiger partial charge >= 0.3 is 10.4 Å². The number of hydrogen-bond acceptors (Lipinski definition) is 26. The van der Waals surface area contributed by atoms with E-state index in [9.17, 15) is 83.8 Å². The normalized spacial score (nSPS) is 48.0. The average molecular weight is 959 g/mol. The molecular weight excluding hydrogens is 900 g/mol. The maximum Gasteiger partial charge on any atom is 0.397 e. The van der Waals surface area contributed by atoms with Gasteiger partial charge < -0.3 is 115 Å². The van der Waals surface area contributed by atoms with E-state index in [1.54, 1.807) is 0 Å². The quantitative estimate of drug-likeness (QED) is 0.0678. The number of aliphatic hydroxyl groups excluding tert-OH is 12. The molecule has 0 aliphatic carbocycles. The summed E-state index contributed by atoms with van der Waals surface area (Å²) in [5.74, 6) is -1.62. The van der Waals surface area contributed by atoms with Gasteiger partial charge in [-0.25, -0.2) is 4.18 Å². The third kappa shape index (κ3) is 12.2. The molecule has 5 heterocycles. The van der Waals surface area contributed by atoms with Crippen LogP contribution in [0.25, 0.3) is 0 Å². The highest BCUT2D eigenvalue weighted by atomic mass is 32.3. The number of ether oxygens (including phenoxy) is 9. The second-order valence-corrected chi connectivity index (χ2v) is 17.1.